The van der Waals surface area contributed by atoms with E-state index in [1.165, 1.54) is 19.3 Å². The minimum atomic E-state index is 0.580. The lowest BCUT2D eigenvalue weighted by atomic mass is 10.1. The summed E-state index contributed by atoms with van der Waals surface area (Å²) in [6, 6.07) is 0.580. The molecule has 0 spiro atoms. The largest absolute Gasteiger partial charge is 0.355 e. The zero-order chi connectivity index (χ0) is 12.8. The van der Waals surface area contributed by atoms with E-state index in [0.717, 1.165) is 18.2 Å². The van der Waals surface area contributed by atoms with Crippen LogP contribution < -0.4 is 5.32 Å². The number of aryl methyl sites for hydroxylation is 1. The number of nitrogens with one attached hydrogen (secondary N) is 1. The molecular formula is C14H27N3. The summed E-state index contributed by atoms with van der Waals surface area (Å²) in [5, 5.41) is 3.46. The molecule has 1 N–H and O–H groups in total. The zero-order valence-corrected chi connectivity index (χ0v) is 12.0. The summed E-state index contributed by atoms with van der Waals surface area (Å²) in [6.45, 7) is 12.0. The van der Waals surface area contributed by atoms with Crippen LogP contribution in [0.1, 0.15) is 58.7 Å². The smallest absolute Gasteiger partial charge is 0.203 e. The fraction of sp³-hybridized carbons (Fsp3) is 0.786. The molecule has 0 saturated heterocycles. The topological polar surface area (TPSA) is 29.9 Å². The van der Waals surface area contributed by atoms with Gasteiger partial charge in [0.15, 0.2) is 0 Å². The van der Waals surface area contributed by atoms with Gasteiger partial charge < -0.3 is 9.88 Å². The molecular weight excluding hydrogens is 210 g/mol. The molecule has 0 aliphatic rings. The zero-order valence-electron chi connectivity index (χ0n) is 12.0. The maximum Gasteiger partial charge on any atom is 0.203 e. The van der Waals surface area contributed by atoms with Crippen LogP contribution in [0.4, 0.5) is 5.95 Å². The summed E-state index contributed by atoms with van der Waals surface area (Å²) >= 11 is 0. The Hall–Kier alpha value is -0.990. The van der Waals surface area contributed by atoms with Crippen LogP contribution in [0.3, 0.4) is 0 Å². The lowest BCUT2D eigenvalue weighted by Gasteiger charge is -2.19. The number of rotatable bonds is 7. The Morgan fingerprint density at radius 3 is 2.59 bits per heavy atom. The van der Waals surface area contributed by atoms with Crippen molar-refractivity contribution in [2.24, 2.45) is 5.92 Å². The summed E-state index contributed by atoms with van der Waals surface area (Å²) in [7, 11) is 0. The van der Waals surface area contributed by atoms with E-state index in [2.05, 4.69) is 55.7 Å². The predicted molar refractivity (Wildman–Crippen MR) is 74.5 cm³/mol. The van der Waals surface area contributed by atoms with Crippen molar-refractivity contribution in [1.82, 2.24) is 9.55 Å². The molecule has 17 heavy (non-hydrogen) atoms. The van der Waals surface area contributed by atoms with Gasteiger partial charge in [0.25, 0.3) is 0 Å². The van der Waals surface area contributed by atoms with Gasteiger partial charge in [-0.2, -0.15) is 0 Å². The summed E-state index contributed by atoms with van der Waals surface area (Å²) in [5.41, 5.74) is 1.10. The van der Waals surface area contributed by atoms with E-state index in [1.807, 2.05) is 0 Å². The lowest BCUT2D eigenvalue weighted by molar-refractivity contribution is 0.450. The third-order valence-electron chi connectivity index (χ3n) is 3.01. The van der Waals surface area contributed by atoms with Crippen molar-refractivity contribution in [2.45, 2.75) is 59.9 Å². The van der Waals surface area contributed by atoms with Crippen molar-refractivity contribution in [2.75, 3.05) is 11.9 Å². The van der Waals surface area contributed by atoms with E-state index < -0.39 is 0 Å². The van der Waals surface area contributed by atoms with Crippen molar-refractivity contribution in [1.29, 1.82) is 0 Å². The number of hydrogen-bond acceptors (Lipinski definition) is 2. The highest BCUT2D eigenvalue weighted by molar-refractivity contribution is 5.29. The van der Waals surface area contributed by atoms with Crippen molar-refractivity contribution in [3.05, 3.63) is 11.9 Å². The van der Waals surface area contributed by atoms with E-state index in [-0.39, 0.29) is 0 Å². The molecule has 0 aliphatic carbocycles. The molecule has 0 aliphatic heterocycles. The molecule has 0 amide bonds. The first-order chi connectivity index (χ1) is 8.08. The number of aromatic nitrogens is 2. The lowest BCUT2D eigenvalue weighted by Crippen LogP contribution is -2.15. The highest BCUT2D eigenvalue weighted by Crippen LogP contribution is 2.23. The van der Waals surface area contributed by atoms with Gasteiger partial charge >= 0.3 is 0 Å². The fourth-order valence-electron chi connectivity index (χ4n) is 2.09. The first-order valence-corrected chi connectivity index (χ1v) is 6.87. The van der Waals surface area contributed by atoms with Crippen LogP contribution in [0.2, 0.25) is 0 Å². The molecule has 0 radical (unpaired) electrons. The first-order valence-electron chi connectivity index (χ1n) is 6.87. The van der Waals surface area contributed by atoms with Crippen LogP contribution in [-0.2, 0) is 0 Å². The van der Waals surface area contributed by atoms with E-state index in [4.69, 9.17) is 0 Å². The van der Waals surface area contributed by atoms with Crippen LogP contribution in [0.15, 0.2) is 6.20 Å². The van der Waals surface area contributed by atoms with Gasteiger partial charge in [-0.25, -0.2) is 4.98 Å². The summed E-state index contributed by atoms with van der Waals surface area (Å²) in [6.07, 6.45) is 5.79. The van der Waals surface area contributed by atoms with E-state index in [1.54, 1.807) is 0 Å². The molecule has 1 unspecified atom stereocenters. The maximum atomic E-state index is 4.59. The van der Waals surface area contributed by atoms with Gasteiger partial charge in [-0.05, 0) is 25.7 Å². The van der Waals surface area contributed by atoms with Crippen molar-refractivity contribution in [3.8, 4) is 0 Å². The number of imidazole rings is 1. The number of nitrogens with zero attached hydrogens (tertiary/aromatic N) is 2. The van der Waals surface area contributed by atoms with Gasteiger partial charge in [-0.3, -0.25) is 0 Å². The summed E-state index contributed by atoms with van der Waals surface area (Å²) < 4.78 is 2.32. The third kappa shape index (κ3) is 4.06. The van der Waals surface area contributed by atoms with Crippen LogP contribution in [0.25, 0.3) is 0 Å². The second kappa shape index (κ2) is 6.67. The SMILES string of the molecule is CCCC(CC)n1cc(C)nc1NCC(C)C. The Labute approximate surface area is 106 Å². The summed E-state index contributed by atoms with van der Waals surface area (Å²) in [5.74, 6) is 1.68. The molecule has 0 aromatic carbocycles. The molecule has 98 valence electrons. The quantitative estimate of drug-likeness (QED) is 0.776. The Morgan fingerprint density at radius 2 is 2.06 bits per heavy atom. The fourth-order valence-corrected chi connectivity index (χ4v) is 2.09. The van der Waals surface area contributed by atoms with Crippen LogP contribution in [0.5, 0.6) is 0 Å². The van der Waals surface area contributed by atoms with Gasteiger partial charge in [0.2, 0.25) is 5.95 Å². The Kier molecular flexibility index (Phi) is 5.52. The molecule has 0 fully saturated rings. The molecule has 1 aromatic heterocycles. The number of hydrogen-bond donors (Lipinski definition) is 1. The monoisotopic (exact) mass is 237 g/mol. The molecule has 0 bridgehead atoms. The van der Waals surface area contributed by atoms with Gasteiger partial charge in [0, 0.05) is 18.8 Å². The average molecular weight is 237 g/mol. The molecule has 3 nitrogen and oxygen atoms in total. The summed E-state index contributed by atoms with van der Waals surface area (Å²) in [4.78, 5) is 4.59. The van der Waals surface area contributed by atoms with E-state index >= 15 is 0 Å². The molecule has 3 heteroatoms. The van der Waals surface area contributed by atoms with Crippen molar-refractivity contribution in [3.63, 3.8) is 0 Å². The minimum Gasteiger partial charge on any atom is -0.355 e. The third-order valence-corrected chi connectivity index (χ3v) is 3.01. The first kappa shape index (κ1) is 14.1. The average Bonchev–Trinajstić information content (AvgIpc) is 2.64. The highest BCUT2D eigenvalue weighted by Gasteiger charge is 2.13. The van der Waals surface area contributed by atoms with Gasteiger partial charge in [-0.15, -0.1) is 0 Å². The normalized spacial score (nSPS) is 13.1. The minimum absolute atomic E-state index is 0.580. The molecule has 1 aromatic rings. The maximum absolute atomic E-state index is 4.59. The van der Waals surface area contributed by atoms with Crippen LogP contribution >= 0.6 is 0 Å². The molecule has 1 rings (SSSR count). The van der Waals surface area contributed by atoms with Crippen molar-refractivity contribution >= 4 is 5.95 Å². The standard InChI is InChI=1S/C14H27N3/c1-6-8-13(7-2)17-10-12(5)16-14(17)15-9-11(3)4/h10-11,13H,6-9H2,1-5H3,(H,15,16). The molecule has 1 atom stereocenters. The number of anilines is 1. The van der Waals surface area contributed by atoms with E-state index in [0.29, 0.717) is 12.0 Å². The second-order valence-electron chi connectivity index (χ2n) is 5.24. The highest BCUT2D eigenvalue weighted by atomic mass is 15.2. The van der Waals surface area contributed by atoms with Crippen LogP contribution in [-0.4, -0.2) is 16.1 Å². The van der Waals surface area contributed by atoms with Crippen LogP contribution in [0, 0.1) is 12.8 Å². The Morgan fingerprint density at radius 1 is 1.35 bits per heavy atom. The van der Waals surface area contributed by atoms with Gasteiger partial charge in [0.1, 0.15) is 0 Å². The van der Waals surface area contributed by atoms with E-state index in [9.17, 15) is 0 Å². The molecule has 0 saturated carbocycles. The van der Waals surface area contributed by atoms with Gasteiger partial charge in [-0.1, -0.05) is 34.1 Å². The second-order valence-corrected chi connectivity index (χ2v) is 5.24. The molecule has 1 heterocycles. The Balaban J connectivity index is 2.81. The van der Waals surface area contributed by atoms with Gasteiger partial charge in [0.05, 0.1) is 5.69 Å². The Bertz CT molecular complexity index is 328. The van der Waals surface area contributed by atoms with Crippen molar-refractivity contribution < 1.29 is 0 Å². The predicted octanol–water partition coefficient (Wildman–Crippen LogP) is 4.01.